The van der Waals surface area contributed by atoms with Crippen LogP contribution in [0, 0.1) is 5.92 Å². The average Bonchev–Trinajstić information content (AvgIpc) is 3.07. The van der Waals surface area contributed by atoms with E-state index in [9.17, 15) is 4.79 Å². The second-order valence-electron chi connectivity index (χ2n) is 5.58. The second kappa shape index (κ2) is 5.97. The van der Waals surface area contributed by atoms with Crippen LogP contribution in [-0.4, -0.2) is 43.2 Å². The van der Waals surface area contributed by atoms with E-state index in [1.807, 2.05) is 6.92 Å². The van der Waals surface area contributed by atoms with Gasteiger partial charge in [-0.2, -0.15) is 0 Å². The van der Waals surface area contributed by atoms with E-state index in [2.05, 4.69) is 10.2 Å². The van der Waals surface area contributed by atoms with Crippen molar-refractivity contribution < 1.29 is 13.9 Å². The maximum Gasteiger partial charge on any atom is 0.341 e. The van der Waals surface area contributed by atoms with Crippen LogP contribution in [0.2, 0.25) is 0 Å². The maximum absolute atomic E-state index is 11.9. The van der Waals surface area contributed by atoms with Crippen LogP contribution in [0.5, 0.6) is 0 Å². The van der Waals surface area contributed by atoms with Gasteiger partial charge in [0.25, 0.3) is 0 Å². The normalized spacial score (nSPS) is 26.4. The van der Waals surface area contributed by atoms with Crippen LogP contribution in [0.3, 0.4) is 0 Å². The number of hydrogen-bond donors (Lipinski definition) is 1. The Morgan fingerprint density at radius 1 is 1.55 bits per heavy atom. The Kier molecular flexibility index (Phi) is 4.08. The third-order valence-corrected chi connectivity index (χ3v) is 4.38. The Bertz CT molecular complexity index is 471. The summed E-state index contributed by atoms with van der Waals surface area (Å²) in [4.78, 5) is 14.3. The molecule has 2 fully saturated rings. The quantitative estimate of drug-likeness (QED) is 0.849. The number of nitrogens with zero attached hydrogens (tertiary/aromatic N) is 1. The minimum absolute atomic E-state index is 0.283. The summed E-state index contributed by atoms with van der Waals surface area (Å²) >= 11 is 0. The number of piperidine rings is 1. The smallest absolute Gasteiger partial charge is 0.341 e. The van der Waals surface area contributed by atoms with Crippen molar-refractivity contribution in [3.63, 3.8) is 0 Å². The van der Waals surface area contributed by atoms with Gasteiger partial charge in [-0.3, -0.25) is 4.90 Å². The fourth-order valence-electron chi connectivity index (χ4n) is 3.40. The number of furan rings is 1. The molecular weight excluding hydrogens is 256 g/mol. The fraction of sp³-hybridized carbons (Fsp3) is 0.667. The highest BCUT2D eigenvalue weighted by atomic mass is 16.5. The molecule has 5 nitrogen and oxygen atoms in total. The van der Waals surface area contributed by atoms with Crippen molar-refractivity contribution in [2.45, 2.75) is 32.4 Å². The largest absolute Gasteiger partial charge is 0.467 e. The lowest BCUT2D eigenvalue weighted by Crippen LogP contribution is -2.44. The number of nitrogens with one attached hydrogen (secondary N) is 1. The Labute approximate surface area is 119 Å². The van der Waals surface area contributed by atoms with Crippen molar-refractivity contribution in [2.24, 2.45) is 5.92 Å². The zero-order valence-electron chi connectivity index (χ0n) is 11.9. The summed E-state index contributed by atoms with van der Waals surface area (Å²) in [6, 6.07) is 2.28. The molecule has 1 aromatic rings. The first-order valence-electron chi connectivity index (χ1n) is 7.48. The van der Waals surface area contributed by atoms with E-state index in [0.29, 0.717) is 24.8 Å². The van der Waals surface area contributed by atoms with Gasteiger partial charge in [0.15, 0.2) is 0 Å². The van der Waals surface area contributed by atoms with Gasteiger partial charge >= 0.3 is 5.97 Å². The van der Waals surface area contributed by atoms with Crippen LogP contribution in [0.15, 0.2) is 16.7 Å². The van der Waals surface area contributed by atoms with E-state index < -0.39 is 0 Å². The number of ether oxygens (including phenoxy) is 1. The highest BCUT2D eigenvalue weighted by Crippen LogP contribution is 2.28. The van der Waals surface area contributed by atoms with Crippen LogP contribution in [0.4, 0.5) is 0 Å². The zero-order valence-corrected chi connectivity index (χ0v) is 11.9. The molecule has 2 atom stereocenters. The SMILES string of the molecule is CCOC(=O)c1ccoc1CN1CCCC2CNCC21. The highest BCUT2D eigenvalue weighted by molar-refractivity contribution is 5.90. The molecule has 2 unspecified atom stereocenters. The van der Waals surface area contributed by atoms with Gasteiger partial charge in [-0.15, -0.1) is 0 Å². The van der Waals surface area contributed by atoms with Crippen LogP contribution in [-0.2, 0) is 11.3 Å². The fourth-order valence-corrected chi connectivity index (χ4v) is 3.40. The minimum Gasteiger partial charge on any atom is -0.467 e. The van der Waals surface area contributed by atoms with E-state index in [4.69, 9.17) is 9.15 Å². The lowest BCUT2D eigenvalue weighted by Gasteiger charge is -2.36. The lowest BCUT2D eigenvalue weighted by molar-refractivity contribution is 0.0518. The summed E-state index contributed by atoms with van der Waals surface area (Å²) in [5.74, 6) is 1.19. The third-order valence-electron chi connectivity index (χ3n) is 4.38. The third kappa shape index (κ3) is 2.60. The van der Waals surface area contributed by atoms with Gasteiger partial charge in [0.05, 0.1) is 19.4 Å². The molecule has 0 aromatic carbocycles. The average molecular weight is 278 g/mol. The van der Waals surface area contributed by atoms with Gasteiger partial charge in [-0.05, 0) is 44.8 Å². The topological polar surface area (TPSA) is 54.7 Å². The van der Waals surface area contributed by atoms with Crippen molar-refractivity contribution in [3.05, 3.63) is 23.7 Å². The molecule has 0 bridgehead atoms. The van der Waals surface area contributed by atoms with Gasteiger partial charge in [0, 0.05) is 12.6 Å². The minimum atomic E-state index is -0.283. The summed E-state index contributed by atoms with van der Waals surface area (Å²) in [6.45, 7) is 6.14. The summed E-state index contributed by atoms with van der Waals surface area (Å²) in [7, 11) is 0. The summed E-state index contributed by atoms with van der Waals surface area (Å²) in [6.07, 6.45) is 4.10. The molecule has 20 heavy (non-hydrogen) atoms. The number of likely N-dealkylation sites (tertiary alicyclic amines) is 1. The van der Waals surface area contributed by atoms with Crippen molar-refractivity contribution in [2.75, 3.05) is 26.2 Å². The van der Waals surface area contributed by atoms with Gasteiger partial charge in [0.2, 0.25) is 0 Å². The van der Waals surface area contributed by atoms with Gasteiger partial charge in [0.1, 0.15) is 11.3 Å². The van der Waals surface area contributed by atoms with Crippen molar-refractivity contribution in [1.82, 2.24) is 10.2 Å². The van der Waals surface area contributed by atoms with Gasteiger partial charge in [-0.1, -0.05) is 0 Å². The predicted molar refractivity (Wildman–Crippen MR) is 74.5 cm³/mol. The molecular formula is C15H22N2O3. The Morgan fingerprint density at radius 3 is 3.30 bits per heavy atom. The van der Waals surface area contributed by atoms with E-state index in [1.54, 1.807) is 12.3 Å². The van der Waals surface area contributed by atoms with Gasteiger partial charge < -0.3 is 14.5 Å². The van der Waals surface area contributed by atoms with Gasteiger partial charge in [-0.25, -0.2) is 4.79 Å². The Hall–Kier alpha value is -1.33. The number of esters is 1. The molecule has 0 radical (unpaired) electrons. The molecule has 3 heterocycles. The highest BCUT2D eigenvalue weighted by Gasteiger charge is 2.35. The molecule has 0 saturated carbocycles. The molecule has 5 heteroatoms. The summed E-state index contributed by atoms with van der Waals surface area (Å²) in [5.41, 5.74) is 0.569. The second-order valence-corrected chi connectivity index (χ2v) is 5.58. The predicted octanol–water partition coefficient (Wildman–Crippen LogP) is 1.64. The molecule has 110 valence electrons. The zero-order chi connectivity index (χ0) is 13.9. The molecule has 1 aromatic heterocycles. The molecule has 2 saturated heterocycles. The van der Waals surface area contributed by atoms with Crippen molar-refractivity contribution >= 4 is 5.97 Å². The standard InChI is InChI=1S/C15H22N2O3/c1-2-19-15(18)12-5-7-20-14(12)10-17-6-3-4-11-8-16-9-13(11)17/h5,7,11,13,16H,2-4,6,8-10H2,1H3. The van der Waals surface area contributed by atoms with E-state index in [0.717, 1.165) is 31.3 Å². The Balaban J connectivity index is 1.71. The van der Waals surface area contributed by atoms with Crippen LogP contribution >= 0.6 is 0 Å². The van der Waals surface area contributed by atoms with E-state index in [1.165, 1.54) is 12.8 Å². The first-order chi connectivity index (χ1) is 9.79. The van der Waals surface area contributed by atoms with Crippen molar-refractivity contribution in [3.8, 4) is 0 Å². The number of carbonyl (C=O) groups excluding carboxylic acids is 1. The molecule has 2 aliphatic heterocycles. The molecule has 0 spiro atoms. The van der Waals surface area contributed by atoms with Crippen LogP contribution < -0.4 is 5.32 Å². The first kappa shape index (κ1) is 13.6. The first-order valence-corrected chi connectivity index (χ1v) is 7.48. The summed E-state index contributed by atoms with van der Waals surface area (Å²) < 4.78 is 10.6. The number of carbonyl (C=O) groups is 1. The number of fused-ring (bicyclic) bond motifs is 1. The number of rotatable bonds is 4. The summed E-state index contributed by atoms with van der Waals surface area (Å²) in [5, 5.41) is 3.47. The number of hydrogen-bond acceptors (Lipinski definition) is 5. The van der Waals surface area contributed by atoms with Crippen LogP contribution in [0.25, 0.3) is 0 Å². The Morgan fingerprint density at radius 2 is 2.45 bits per heavy atom. The van der Waals surface area contributed by atoms with Crippen molar-refractivity contribution in [1.29, 1.82) is 0 Å². The van der Waals surface area contributed by atoms with Crippen LogP contribution in [0.1, 0.15) is 35.9 Å². The monoisotopic (exact) mass is 278 g/mol. The molecule has 1 N–H and O–H groups in total. The molecule has 3 rings (SSSR count). The molecule has 0 amide bonds. The lowest BCUT2D eigenvalue weighted by atomic mass is 9.92. The maximum atomic E-state index is 11.9. The molecule has 2 aliphatic rings. The van der Waals surface area contributed by atoms with E-state index in [-0.39, 0.29) is 5.97 Å². The van der Waals surface area contributed by atoms with E-state index >= 15 is 0 Å². The molecule has 0 aliphatic carbocycles.